The zero-order valence-electron chi connectivity index (χ0n) is 17.0. The SMILES string of the molecule is C=CC(C)C.C\C=C/C=C(\C=C/C)Nc1nccc(C(/C=C\C)=C/C)n1. The van der Waals surface area contributed by atoms with E-state index < -0.39 is 0 Å². The first-order valence-electron chi connectivity index (χ1n) is 8.99. The number of anilines is 1. The first-order valence-corrected chi connectivity index (χ1v) is 8.99. The average Bonchev–Trinajstić information content (AvgIpc) is 2.65. The minimum absolute atomic E-state index is 0.588. The number of aromatic nitrogens is 2. The van der Waals surface area contributed by atoms with Crippen molar-refractivity contribution in [2.24, 2.45) is 5.92 Å². The Morgan fingerprint density at radius 3 is 2.23 bits per heavy atom. The van der Waals surface area contributed by atoms with Gasteiger partial charge in [0.25, 0.3) is 0 Å². The van der Waals surface area contributed by atoms with Gasteiger partial charge in [-0.05, 0) is 57.4 Å². The van der Waals surface area contributed by atoms with Crippen LogP contribution in [0.2, 0.25) is 0 Å². The van der Waals surface area contributed by atoms with Crippen LogP contribution in [0.4, 0.5) is 5.95 Å². The molecule has 0 spiro atoms. The van der Waals surface area contributed by atoms with Gasteiger partial charge in [0.1, 0.15) is 0 Å². The lowest BCUT2D eigenvalue weighted by atomic mass is 10.1. The summed E-state index contributed by atoms with van der Waals surface area (Å²) in [6.45, 7) is 15.7. The molecule has 1 heterocycles. The Balaban J connectivity index is 0.00000110. The summed E-state index contributed by atoms with van der Waals surface area (Å²) < 4.78 is 0. The van der Waals surface area contributed by atoms with Gasteiger partial charge >= 0.3 is 0 Å². The molecule has 1 aromatic heterocycles. The van der Waals surface area contributed by atoms with Crippen molar-refractivity contribution in [2.75, 3.05) is 5.32 Å². The summed E-state index contributed by atoms with van der Waals surface area (Å²) in [5.74, 6) is 1.24. The topological polar surface area (TPSA) is 37.8 Å². The van der Waals surface area contributed by atoms with E-state index in [2.05, 4.69) is 35.7 Å². The van der Waals surface area contributed by atoms with Crippen LogP contribution < -0.4 is 5.32 Å². The third kappa shape index (κ3) is 10.2. The molecule has 26 heavy (non-hydrogen) atoms. The summed E-state index contributed by atoms with van der Waals surface area (Å²) in [6, 6.07) is 1.91. The van der Waals surface area contributed by atoms with Crippen LogP contribution in [0.3, 0.4) is 0 Å². The van der Waals surface area contributed by atoms with Crippen molar-refractivity contribution in [2.45, 2.75) is 41.5 Å². The third-order valence-electron chi connectivity index (χ3n) is 3.15. The maximum atomic E-state index is 4.55. The molecule has 0 aliphatic carbocycles. The van der Waals surface area contributed by atoms with Gasteiger partial charge in [0.05, 0.1) is 5.69 Å². The summed E-state index contributed by atoms with van der Waals surface area (Å²) >= 11 is 0. The molecule has 1 rings (SSSR count). The Kier molecular flexibility index (Phi) is 13.1. The van der Waals surface area contributed by atoms with Gasteiger partial charge < -0.3 is 5.32 Å². The molecule has 1 aromatic rings. The maximum absolute atomic E-state index is 4.55. The molecule has 3 nitrogen and oxygen atoms in total. The molecule has 0 radical (unpaired) electrons. The second-order valence-electron chi connectivity index (χ2n) is 5.76. The number of hydrogen-bond acceptors (Lipinski definition) is 3. The molecule has 0 atom stereocenters. The van der Waals surface area contributed by atoms with Crippen LogP contribution in [0.25, 0.3) is 5.57 Å². The van der Waals surface area contributed by atoms with Crippen LogP contribution in [-0.4, -0.2) is 9.97 Å². The first kappa shape index (κ1) is 23.3. The number of nitrogens with zero attached hydrogens (tertiary/aromatic N) is 2. The van der Waals surface area contributed by atoms with Crippen molar-refractivity contribution in [1.29, 1.82) is 0 Å². The van der Waals surface area contributed by atoms with E-state index in [1.807, 2.05) is 88.4 Å². The third-order valence-corrected chi connectivity index (χ3v) is 3.15. The molecule has 3 heteroatoms. The van der Waals surface area contributed by atoms with Crippen LogP contribution in [0.1, 0.15) is 47.2 Å². The van der Waals surface area contributed by atoms with Gasteiger partial charge in [-0.25, -0.2) is 9.97 Å². The van der Waals surface area contributed by atoms with Crippen molar-refractivity contribution in [3.8, 4) is 0 Å². The second-order valence-corrected chi connectivity index (χ2v) is 5.76. The normalized spacial score (nSPS) is 12.7. The number of nitrogens with one attached hydrogen (secondary N) is 1. The number of allylic oxidation sites excluding steroid dienone is 10. The molecular weight excluding hydrogens is 318 g/mol. The first-order chi connectivity index (χ1) is 12.5. The van der Waals surface area contributed by atoms with Crippen molar-refractivity contribution in [3.05, 3.63) is 84.9 Å². The Labute approximate surface area is 159 Å². The predicted octanol–water partition coefficient (Wildman–Crippen LogP) is 6.73. The zero-order chi connectivity index (χ0) is 19.8. The molecule has 0 aromatic carbocycles. The van der Waals surface area contributed by atoms with Crippen molar-refractivity contribution < 1.29 is 0 Å². The van der Waals surface area contributed by atoms with Gasteiger partial charge in [-0.15, -0.1) is 6.58 Å². The van der Waals surface area contributed by atoms with Crippen LogP contribution in [0.5, 0.6) is 0 Å². The van der Waals surface area contributed by atoms with Crippen LogP contribution in [-0.2, 0) is 0 Å². The fourth-order valence-corrected chi connectivity index (χ4v) is 1.74. The molecule has 140 valence electrons. The van der Waals surface area contributed by atoms with Gasteiger partial charge in [0, 0.05) is 11.9 Å². The van der Waals surface area contributed by atoms with Gasteiger partial charge in [0.15, 0.2) is 0 Å². The van der Waals surface area contributed by atoms with Gasteiger partial charge in [-0.1, -0.05) is 56.4 Å². The molecule has 0 amide bonds. The highest BCUT2D eigenvalue weighted by molar-refractivity contribution is 5.71. The Bertz CT molecular complexity index is 674. The van der Waals surface area contributed by atoms with Crippen LogP contribution in [0, 0.1) is 5.92 Å². The standard InChI is InChI=1S/C18H23N3.C5H10/c1-5-9-12-16(11-7-3)20-18-19-14-13-17(21-18)15(8-4)10-6-2;1-4-5(2)3/h5-14H,1-4H3,(H,19,20,21);4-5H,1H2,2-3H3/b9-5-,10-6-,11-7-,15-8+,16-12+;. The summed E-state index contributed by atoms with van der Waals surface area (Å²) in [5, 5.41) is 3.23. The maximum Gasteiger partial charge on any atom is 0.227 e. The Morgan fingerprint density at radius 1 is 1.08 bits per heavy atom. The van der Waals surface area contributed by atoms with E-state index in [-0.39, 0.29) is 0 Å². The summed E-state index contributed by atoms with van der Waals surface area (Å²) in [5.41, 5.74) is 2.92. The number of hydrogen-bond donors (Lipinski definition) is 1. The zero-order valence-corrected chi connectivity index (χ0v) is 17.0. The van der Waals surface area contributed by atoms with Gasteiger partial charge in [-0.3, -0.25) is 0 Å². The number of rotatable bonds is 7. The van der Waals surface area contributed by atoms with Crippen molar-refractivity contribution in [3.63, 3.8) is 0 Å². The minimum atomic E-state index is 0.588. The molecule has 0 bridgehead atoms. The fourth-order valence-electron chi connectivity index (χ4n) is 1.74. The van der Waals surface area contributed by atoms with E-state index >= 15 is 0 Å². The monoisotopic (exact) mass is 351 g/mol. The second kappa shape index (κ2) is 14.6. The molecule has 0 fully saturated rings. The predicted molar refractivity (Wildman–Crippen MR) is 117 cm³/mol. The minimum Gasteiger partial charge on any atom is -0.324 e. The highest BCUT2D eigenvalue weighted by Crippen LogP contribution is 2.15. The molecule has 0 saturated heterocycles. The highest BCUT2D eigenvalue weighted by Gasteiger charge is 2.02. The molecule has 0 aliphatic rings. The summed E-state index contributed by atoms with van der Waals surface area (Å²) in [4.78, 5) is 8.83. The lowest BCUT2D eigenvalue weighted by Crippen LogP contribution is -2.03. The largest absolute Gasteiger partial charge is 0.324 e. The van der Waals surface area contributed by atoms with E-state index in [0.717, 1.165) is 17.0 Å². The summed E-state index contributed by atoms with van der Waals surface area (Å²) in [6.07, 6.45) is 19.7. The Morgan fingerprint density at radius 2 is 1.73 bits per heavy atom. The molecular formula is C23H33N3. The summed E-state index contributed by atoms with van der Waals surface area (Å²) in [7, 11) is 0. The van der Waals surface area contributed by atoms with Crippen molar-refractivity contribution >= 4 is 11.5 Å². The van der Waals surface area contributed by atoms with Gasteiger partial charge in [0.2, 0.25) is 5.95 Å². The van der Waals surface area contributed by atoms with Gasteiger partial charge in [-0.2, -0.15) is 0 Å². The fraction of sp³-hybridized carbons (Fsp3) is 0.304. The smallest absolute Gasteiger partial charge is 0.227 e. The van der Waals surface area contributed by atoms with Crippen molar-refractivity contribution in [1.82, 2.24) is 9.97 Å². The molecule has 0 aliphatic heterocycles. The van der Waals surface area contributed by atoms with Crippen LogP contribution >= 0.6 is 0 Å². The lowest BCUT2D eigenvalue weighted by molar-refractivity contribution is 0.835. The molecule has 0 saturated carbocycles. The molecule has 1 N–H and O–H groups in total. The average molecular weight is 352 g/mol. The lowest BCUT2D eigenvalue weighted by Gasteiger charge is -2.07. The van der Waals surface area contributed by atoms with E-state index in [9.17, 15) is 0 Å². The quantitative estimate of drug-likeness (QED) is 0.437. The Hall–Kier alpha value is -2.68. The highest BCUT2D eigenvalue weighted by atomic mass is 15.1. The van der Waals surface area contributed by atoms with Crippen LogP contribution in [0.15, 0.2) is 79.2 Å². The van der Waals surface area contributed by atoms with E-state index in [1.165, 1.54) is 0 Å². The van der Waals surface area contributed by atoms with E-state index in [0.29, 0.717) is 11.9 Å². The van der Waals surface area contributed by atoms with E-state index in [1.54, 1.807) is 6.20 Å². The van der Waals surface area contributed by atoms with E-state index in [4.69, 9.17) is 0 Å². The molecule has 0 unspecified atom stereocenters.